The van der Waals surface area contributed by atoms with E-state index in [4.69, 9.17) is 15.6 Å². The zero-order valence-electron chi connectivity index (χ0n) is 21.3. The second-order valence-electron chi connectivity index (χ2n) is 10.2. The number of alkyl halides is 3. The molecule has 0 bridgehead atoms. The summed E-state index contributed by atoms with van der Waals surface area (Å²) in [5.41, 5.74) is -0.0357. The zero-order valence-corrected chi connectivity index (χ0v) is 22.9. The number of aliphatic carboxylic acids is 1. The molecule has 2 aromatic carbocycles. The Bertz CT molecular complexity index is 1690. The third-order valence-electron chi connectivity index (χ3n) is 8.07. The van der Waals surface area contributed by atoms with E-state index in [1.807, 2.05) is 0 Å². The highest BCUT2D eigenvalue weighted by atomic mass is 32.2. The molecule has 0 aliphatic heterocycles. The Morgan fingerprint density at radius 2 is 1.66 bits per heavy atom. The molecule has 11 nitrogen and oxygen atoms in total. The van der Waals surface area contributed by atoms with Crippen molar-refractivity contribution in [2.75, 3.05) is 7.11 Å². The van der Waals surface area contributed by atoms with Crippen LogP contribution in [0.1, 0.15) is 24.8 Å². The number of nitrogens with zero attached hydrogens (tertiary/aromatic N) is 1. The van der Waals surface area contributed by atoms with E-state index in [9.17, 15) is 50.0 Å². The van der Waals surface area contributed by atoms with Crippen LogP contribution in [0.5, 0.6) is 0 Å². The van der Waals surface area contributed by atoms with Crippen molar-refractivity contribution in [3.63, 3.8) is 0 Å². The summed E-state index contributed by atoms with van der Waals surface area (Å²) in [5, 5.41) is 23.1. The molecule has 0 radical (unpaired) electrons. The molecule has 220 valence electrons. The highest BCUT2D eigenvalue weighted by Crippen LogP contribution is 2.66. The summed E-state index contributed by atoms with van der Waals surface area (Å²) < 4.78 is 98.3. The molecule has 2 unspecified atom stereocenters. The minimum Gasteiger partial charge on any atom is -0.481 e. The van der Waals surface area contributed by atoms with E-state index in [0.29, 0.717) is 6.07 Å². The normalized spacial score (nSPS) is 28.1. The highest BCUT2D eigenvalue weighted by Gasteiger charge is 2.75. The summed E-state index contributed by atoms with van der Waals surface area (Å²) in [6.45, 7) is 0. The van der Waals surface area contributed by atoms with Crippen molar-refractivity contribution in [2.45, 2.75) is 46.6 Å². The van der Waals surface area contributed by atoms with Crippen LogP contribution in [0.15, 0.2) is 52.3 Å². The summed E-state index contributed by atoms with van der Waals surface area (Å²) in [7, 11) is -7.81. The largest absolute Gasteiger partial charge is 0.481 e. The molecule has 0 saturated heterocycles. The summed E-state index contributed by atoms with van der Waals surface area (Å²) in [6, 6.07) is 8.77. The average Bonchev–Trinajstić information content (AvgIpc) is 3.52. The molecular weight excluding hydrogens is 591 g/mol. The average molecular weight is 616 g/mol. The summed E-state index contributed by atoms with van der Waals surface area (Å²) >= 11 is 0. The molecule has 5 N–H and O–H groups in total. The minimum absolute atomic E-state index is 0.0726. The van der Waals surface area contributed by atoms with E-state index in [1.165, 1.54) is 12.1 Å². The number of carboxylic acid groups (broad SMARTS) is 1. The van der Waals surface area contributed by atoms with Gasteiger partial charge in [0, 0.05) is 13.0 Å². The molecule has 0 heterocycles. The number of nitrogens with two attached hydrogens (primary N) is 2. The van der Waals surface area contributed by atoms with Crippen LogP contribution in [0.4, 0.5) is 13.2 Å². The van der Waals surface area contributed by atoms with E-state index >= 15 is 0 Å². The van der Waals surface area contributed by atoms with Gasteiger partial charge in [0.15, 0.2) is 9.84 Å². The molecule has 0 spiro atoms. The lowest BCUT2D eigenvalue weighted by Crippen LogP contribution is -2.44. The van der Waals surface area contributed by atoms with E-state index < -0.39 is 89.3 Å². The molecule has 5 atom stereocenters. The molecule has 2 aliphatic carbocycles. The molecule has 2 fully saturated rings. The number of ether oxygens (including phenoxy) is 1. The summed E-state index contributed by atoms with van der Waals surface area (Å²) in [4.78, 5) is 23.2. The number of amides is 1. The lowest BCUT2D eigenvalue weighted by Gasteiger charge is -2.31. The van der Waals surface area contributed by atoms with Crippen molar-refractivity contribution in [2.24, 2.45) is 27.6 Å². The van der Waals surface area contributed by atoms with Gasteiger partial charge in [-0.05, 0) is 54.7 Å². The highest BCUT2D eigenvalue weighted by molar-refractivity contribution is 7.92. The van der Waals surface area contributed by atoms with Crippen molar-refractivity contribution in [3.05, 3.63) is 48.0 Å². The Balaban J connectivity index is 1.78. The first kappa shape index (κ1) is 30.4. The first-order chi connectivity index (χ1) is 18.9. The lowest BCUT2D eigenvalue weighted by atomic mass is 9.75. The fraction of sp³-hybridized carbons (Fsp3) is 0.400. The van der Waals surface area contributed by atoms with Crippen LogP contribution in [0.3, 0.4) is 0 Å². The quantitative estimate of drug-likeness (QED) is 0.396. The first-order valence-electron chi connectivity index (χ1n) is 11.9. The SMILES string of the molecule is CO[C@H]1C[C@@H](S(=O)(=O)c2ccc(-c3ccc(S(N)(=O)=O)cc3)cc2C(F)(F)F)C[C@]1(C(=O)O)C1CC1(C#N)C(N)=O. The first-order valence-corrected chi connectivity index (χ1v) is 15.0. The van der Waals surface area contributed by atoms with Crippen molar-refractivity contribution >= 4 is 31.7 Å². The molecule has 2 aromatic rings. The zero-order chi connectivity index (χ0) is 30.8. The van der Waals surface area contributed by atoms with Gasteiger partial charge in [-0.2, -0.15) is 18.4 Å². The Kier molecular flexibility index (Phi) is 7.27. The van der Waals surface area contributed by atoms with Crippen molar-refractivity contribution < 1.29 is 49.4 Å². The Morgan fingerprint density at radius 1 is 1.07 bits per heavy atom. The van der Waals surface area contributed by atoms with Crippen molar-refractivity contribution in [3.8, 4) is 17.2 Å². The number of carbonyl (C=O) groups is 2. The molecular formula is C25H24F3N3O8S2. The van der Waals surface area contributed by atoms with Gasteiger partial charge in [0.2, 0.25) is 15.9 Å². The lowest BCUT2D eigenvalue weighted by molar-refractivity contribution is -0.159. The number of hydrogen-bond acceptors (Lipinski definition) is 8. The van der Waals surface area contributed by atoms with E-state index in [2.05, 4.69) is 0 Å². The number of nitriles is 1. The van der Waals surface area contributed by atoms with Gasteiger partial charge in [-0.1, -0.05) is 18.2 Å². The van der Waals surface area contributed by atoms with Crippen LogP contribution in [0.2, 0.25) is 0 Å². The third kappa shape index (κ3) is 4.86. The maximum absolute atomic E-state index is 14.2. The fourth-order valence-corrected chi connectivity index (χ4v) is 8.39. The molecule has 41 heavy (non-hydrogen) atoms. The maximum Gasteiger partial charge on any atom is 0.417 e. The predicted molar refractivity (Wildman–Crippen MR) is 135 cm³/mol. The van der Waals surface area contributed by atoms with Crippen molar-refractivity contribution in [1.29, 1.82) is 5.26 Å². The number of sulfonamides is 1. The van der Waals surface area contributed by atoms with Gasteiger partial charge in [0.1, 0.15) is 10.8 Å². The second-order valence-corrected chi connectivity index (χ2v) is 13.9. The van der Waals surface area contributed by atoms with Gasteiger partial charge in [-0.25, -0.2) is 22.0 Å². The fourth-order valence-electron chi connectivity index (χ4n) is 5.86. The van der Waals surface area contributed by atoms with Crippen LogP contribution in [-0.4, -0.2) is 52.3 Å². The summed E-state index contributed by atoms with van der Waals surface area (Å²) in [6.07, 6.45) is -7.97. The van der Waals surface area contributed by atoms with Gasteiger partial charge >= 0.3 is 12.1 Å². The molecule has 1 amide bonds. The molecule has 2 aliphatic rings. The Labute approximate surface area is 232 Å². The standard InChI is InChI=1S/C25H24F3N3O8S2/c1-39-20-9-16(10-24(20,22(33)34)19-11-23(19,12-29)21(30)32)40(35,36)18-7-4-14(8-17(18)25(26,27)28)13-2-5-15(6-3-13)41(31,37)38/h2-8,16,19-20H,9-11H2,1H3,(H2,30,32)(H,33,34)(H2,31,37,38)/t16-,19?,20+,23?,24+/m1/s1. The molecule has 2 saturated carbocycles. The van der Waals surface area contributed by atoms with E-state index in [1.54, 1.807) is 6.07 Å². The van der Waals surface area contributed by atoms with Crippen LogP contribution in [0, 0.1) is 28.1 Å². The van der Waals surface area contributed by atoms with Gasteiger partial charge in [0.25, 0.3) is 0 Å². The number of primary sulfonamides is 1. The van der Waals surface area contributed by atoms with Crippen molar-refractivity contribution in [1.82, 2.24) is 0 Å². The summed E-state index contributed by atoms with van der Waals surface area (Å²) in [5.74, 6) is -3.84. The monoisotopic (exact) mass is 615 g/mol. The maximum atomic E-state index is 14.2. The smallest absolute Gasteiger partial charge is 0.417 e. The number of rotatable bonds is 8. The number of methoxy groups -OCH3 is 1. The Hall–Kier alpha value is -3.52. The van der Waals surface area contributed by atoms with Gasteiger partial charge in [-0.15, -0.1) is 0 Å². The van der Waals surface area contributed by atoms with E-state index in [-0.39, 0.29) is 22.4 Å². The number of sulfone groups is 1. The topological polar surface area (TPSA) is 208 Å². The van der Waals surface area contributed by atoms with Gasteiger partial charge in [0.05, 0.1) is 32.8 Å². The number of benzene rings is 2. The second kappa shape index (κ2) is 9.79. The van der Waals surface area contributed by atoms with E-state index in [0.717, 1.165) is 31.4 Å². The number of halogens is 3. The van der Waals surface area contributed by atoms with Gasteiger partial charge < -0.3 is 15.6 Å². The van der Waals surface area contributed by atoms with Crippen LogP contribution in [-0.2, 0) is 40.4 Å². The van der Waals surface area contributed by atoms with Gasteiger partial charge in [-0.3, -0.25) is 9.59 Å². The number of primary amides is 1. The number of hydrogen-bond donors (Lipinski definition) is 3. The minimum atomic E-state index is -5.15. The van der Waals surface area contributed by atoms with Crippen LogP contribution in [0.25, 0.3) is 11.1 Å². The number of carboxylic acids is 1. The molecule has 0 aromatic heterocycles. The third-order valence-corrected chi connectivity index (χ3v) is 11.2. The van der Waals surface area contributed by atoms with Crippen LogP contribution < -0.4 is 10.9 Å². The number of carbonyl (C=O) groups excluding carboxylic acids is 1. The predicted octanol–water partition coefficient (Wildman–Crippen LogP) is 2.06. The molecule has 16 heteroatoms. The van der Waals surface area contributed by atoms with Crippen LogP contribution >= 0.6 is 0 Å². The Morgan fingerprint density at radius 3 is 2.10 bits per heavy atom. The molecule has 4 rings (SSSR count).